The molecule has 0 aliphatic carbocycles. The normalized spacial score (nSPS) is 10.4. The molecule has 94 valence electrons. The predicted molar refractivity (Wildman–Crippen MR) is 76.6 cm³/mol. The van der Waals surface area contributed by atoms with Crippen LogP contribution in [0.15, 0.2) is 41.6 Å². The first kappa shape index (κ1) is 13.3. The average molecular weight is 291 g/mol. The molecule has 0 spiro atoms. The lowest BCUT2D eigenvalue weighted by atomic mass is 10.2. The van der Waals surface area contributed by atoms with Crippen molar-refractivity contribution in [3.8, 4) is 6.07 Å². The van der Waals surface area contributed by atoms with Gasteiger partial charge in [-0.3, -0.25) is 5.43 Å². The summed E-state index contributed by atoms with van der Waals surface area (Å²) in [5.74, 6) is 0.427. The van der Waals surface area contributed by atoms with Crippen molar-refractivity contribution < 1.29 is 0 Å². The minimum atomic E-state index is 0.393. The van der Waals surface area contributed by atoms with Gasteiger partial charge in [0.25, 0.3) is 0 Å². The van der Waals surface area contributed by atoms with E-state index in [0.29, 0.717) is 21.4 Å². The van der Waals surface area contributed by atoms with Gasteiger partial charge < -0.3 is 0 Å². The first-order chi connectivity index (χ1) is 9.19. The Kier molecular flexibility index (Phi) is 4.35. The Bertz CT molecular complexity index is 645. The van der Waals surface area contributed by atoms with Gasteiger partial charge in [0.2, 0.25) is 0 Å². The van der Waals surface area contributed by atoms with Crippen LogP contribution in [-0.4, -0.2) is 11.2 Å². The van der Waals surface area contributed by atoms with Crippen LogP contribution in [0, 0.1) is 11.3 Å². The summed E-state index contributed by atoms with van der Waals surface area (Å²) in [5.41, 5.74) is 4.18. The molecule has 1 heterocycles. The summed E-state index contributed by atoms with van der Waals surface area (Å²) >= 11 is 11.7. The monoisotopic (exact) mass is 290 g/mol. The summed E-state index contributed by atoms with van der Waals surface area (Å²) < 4.78 is 0. The van der Waals surface area contributed by atoms with E-state index < -0.39 is 0 Å². The number of benzene rings is 1. The van der Waals surface area contributed by atoms with Crippen LogP contribution < -0.4 is 5.43 Å². The summed E-state index contributed by atoms with van der Waals surface area (Å²) in [4.78, 5) is 4.00. The molecular weight excluding hydrogens is 283 g/mol. The highest BCUT2D eigenvalue weighted by Crippen LogP contribution is 2.22. The summed E-state index contributed by atoms with van der Waals surface area (Å²) in [5, 5.41) is 13.5. The molecule has 0 saturated carbocycles. The summed E-state index contributed by atoms with van der Waals surface area (Å²) in [6.07, 6.45) is 3.08. The third-order valence-electron chi connectivity index (χ3n) is 2.23. The van der Waals surface area contributed by atoms with Crippen LogP contribution >= 0.6 is 23.2 Å². The molecule has 0 atom stereocenters. The van der Waals surface area contributed by atoms with Crippen molar-refractivity contribution in [1.29, 1.82) is 5.26 Å². The zero-order valence-corrected chi connectivity index (χ0v) is 11.2. The van der Waals surface area contributed by atoms with Gasteiger partial charge in [-0.25, -0.2) is 4.98 Å². The molecule has 2 rings (SSSR count). The third kappa shape index (κ3) is 3.68. The highest BCUT2D eigenvalue weighted by Gasteiger charge is 2.00. The van der Waals surface area contributed by atoms with Crippen molar-refractivity contribution in [3.05, 3.63) is 57.7 Å². The maximum atomic E-state index is 8.68. The van der Waals surface area contributed by atoms with Crippen LogP contribution in [0.2, 0.25) is 10.0 Å². The molecule has 0 aliphatic heterocycles. The van der Waals surface area contributed by atoms with Gasteiger partial charge in [-0.15, -0.1) is 0 Å². The standard InChI is InChI=1S/C13H8Cl2N4/c14-11-5-12(15)13(17-8-11)19-18-7-10-3-1-9(6-16)2-4-10/h1-5,7-8H,(H,17,19)/b18-7+. The quantitative estimate of drug-likeness (QED) is 0.692. The molecule has 1 N–H and O–H groups in total. The molecule has 1 aromatic carbocycles. The topological polar surface area (TPSA) is 61.1 Å². The molecule has 0 saturated heterocycles. The molecule has 0 aliphatic rings. The highest BCUT2D eigenvalue weighted by atomic mass is 35.5. The van der Waals surface area contributed by atoms with Gasteiger partial charge >= 0.3 is 0 Å². The van der Waals surface area contributed by atoms with E-state index in [4.69, 9.17) is 28.5 Å². The van der Waals surface area contributed by atoms with E-state index in [1.54, 1.807) is 36.5 Å². The van der Waals surface area contributed by atoms with E-state index in [2.05, 4.69) is 15.5 Å². The highest BCUT2D eigenvalue weighted by molar-refractivity contribution is 6.35. The van der Waals surface area contributed by atoms with Gasteiger partial charge in [0.05, 0.1) is 27.9 Å². The second-order valence-electron chi connectivity index (χ2n) is 3.59. The number of hydrogen-bond donors (Lipinski definition) is 1. The first-order valence-corrected chi connectivity index (χ1v) is 6.05. The Morgan fingerprint density at radius 3 is 2.63 bits per heavy atom. The molecular formula is C13H8Cl2N4. The van der Waals surface area contributed by atoms with Crippen LogP contribution in [0.1, 0.15) is 11.1 Å². The lowest BCUT2D eigenvalue weighted by molar-refractivity contribution is 1.23. The van der Waals surface area contributed by atoms with Crippen molar-refractivity contribution in [2.45, 2.75) is 0 Å². The third-order valence-corrected chi connectivity index (χ3v) is 2.73. The molecule has 0 unspecified atom stereocenters. The van der Waals surface area contributed by atoms with Gasteiger partial charge in [0.1, 0.15) is 0 Å². The second kappa shape index (κ2) is 6.19. The summed E-state index contributed by atoms with van der Waals surface area (Å²) in [6, 6.07) is 10.6. The second-order valence-corrected chi connectivity index (χ2v) is 4.43. The van der Waals surface area contributed by atoms with Gasteiger partial charge in [0, 0.05) is 6.20 Å². The Balaban J connectivity index is 2.05. The number of hydrazone groups is 1. The fraction of sp³-hybridized carbons (Fsp3) is 0. The minimum absolute atomic E-state index is 0.393. The number of hydrogen-bond acceptors (Lipinski definition) is 4. The smallest absolute Gasteiger partial charge is 0.165 e. The van der Waals surface area contributed by atoms with E-state index >= 15 is 0 Å². The fourth-order valence-electron chi connectivity index (χ4n) is 1.31. The van der Waals surface area contributed by atoms with Crippen molar-refractivity contribution in [2.75, 3.05) is 5.43 Å². The molecule has 0 fully saturated rings. The number of nitrogens with one attached hydrogen (secondary N) is 1. The van der Waals surface area contributed by atoms with Gasteiger partial charge in [-0.05, 0) is 23.8 Å². The lowest BCUT2D eigenvalue weighted by Gasteiger charge is -2.01. The SMILES string of the molecule is N#Cc1ccc(/C=N/Nc2ncc(Cl)cc2Cl)cc1. The number of nitriles is 1. The van der Waals surface area contributed by atoms with Crippen LogP contribution in [0.5, 0.6) is 0 Å². The average Bonchev–Trinajstić information content (AvgIpc) is 2.42. The van der Waals surface area contributed by atoms with Gasteiger partial charge in [-0.1, -0.05) is 35.3 Å². The van der Waals surface area contributed by atoms with Gasteiger partial charge in [-0.2, -0.15) is 10.4 Å². The lowest BCUT2D eigenvalue weighted by Crippen LogP contribution is -1.94. The number of nitrogens with zero attached hydrogens (tertiary/aromatic N) is 3. The Hall–Kier alpha value is -2.09. The van der Waals surface area contributed by atoms with Gasteiger partial charge in [0.15, 0.2) is 5.82 Å². The van der Waals surface area contributed by atoms with Crippen LogP contribution in [-0.2, 0) is 0 Å². The summed E-state index contributed by atoms with van der Waals surface area (Å²) in [6.45, 7) is 0. The van der Waals surface area contributed by atoms with E-state index in [1.807, 2.05) is 6.07 Å². The molecule has 1 aromatic heterocycles. The Labute approximate surface area is 120 Å². The number of pyridine rings is 1. The molecule has 6 heteroatoms. The van der Waals surface area contributed by atoms with Crippen molar-refractivity contribution in [1.82, 2.24) is 4.98 Å². The molecule has 2 aromatic rings. The molecule has 19 heavy (non-hydrogen) atoms. The van der Waals surface area contributed by atoms with E-state index in [0.717, 1.165) is 5.56 Å². The summed E-state index contributed by atoms with van der Waals surface area (Å²) in [7, 11) is 0. The number of rotatable bonds is 3. The van der Waals surface area contributed by atoms with Crippen LogP contribution in [0.25, 0.3) is 0 Å². The Morgan fingerprint density at radius 2 is 2.00 bits per heavy atom. The fourth-order valence-corrected chi connectivity index (χ4v) is 1.73. The number of anilines is 1. The maximum Gasteiger partial charge on any atom is 0.165 e. The maximum absolute atomic E-state index is 8.68. The van der Waals surface area contributed by atoms with E-state index in [-0.39, 0.29) is 0 Å². The van der Waals surface area contributed by atoms with Crippen molar-refractivity contribution >= 4 is 35.2 Å². The predicted octanol–water partition coefficient (Wildman–Crippen LogP) is 3.71. The van der Waals surface area contributed by atoms with Crippen LogP contribution in [0.3, 0.4) is 0 Å². The van der Waals surface area contributed by atoms with Crippen LogP contribution in [0.4, 0.5) is 5.82 Å². The van der Waals surface area contributed by atoms with Crippen molar-refractivity contribution in [2.24, 2.45) is 5.10 Å². The van der Waals surface area contributed by atoms with E-state index in [9.17, 15) is 0 Å². The first-order valence-electron chi connectivity index (χ1n) is 5.29. The zero-order valence-electron chi connectivity index (χ0n) is 9.64. The zero-order chi connectivity index (χ0) is 13.7. The molecule has 0 radical (unpaired) electrons. The molecule has 0 bridgehead atoms. The molecule has 4 nitrogen and oxygen atoms in total. The van der Waals surface area contributed by atoms with E-state index in [1.165, 1.54) is 6.20 Å². The minimum Gasteiger partial charge on any atom is -0.260 e. The largest absolute Gasteiger partial charge is 0.260 e. The number of halogens is 2. The molecule has 0 amide bonds. The Morgan fingerprint density at radius 1 is 1.26 bits per heavy atom. The number of aromatic nitrogens is 1. The van der Waals surface area contributed by atoms with Crippen molar-refractivity contribution in [3.63, 3.8) is 0 Å².